The minimum atomic E-state index is -1.19. The Morgan fingerprint density at radius 3 is 1.83 bits per heavy atom. The molecule has 0 heterocycles. The third-order valence-corrected chi connectivity index (χ3v) is 7.74. The molecule has 0 unspecified atom stereocenters. The predicted molar refractivity (Wildman–Crippen MR) is 160 cm³/mol. The van der Waals surface area contributed by atoms with Gasteiger partial charge in [0.1, 0.15) is 13.2 Å². The summed E-state index contributed by atoms with van der Waals surface area (Å²) in [7, 11) is 1.15. The quantitative estimate of drug-likeness (QED) is 0.0706. The lowest BCUT2D eigenvalue weighted by molar-refractivity contribution is -0.153. The van der Waals surface area contributed by atoms with Crippen LogP contribution in [0.4, 0.5) is 0 Å². The first-order chi connectivity index (χ1) is 19.7. The minimum absolute atomic E-state index is 0.196. The summed E-state index contributed by atoms with van der Waals surface area (Å²) in [5.74, 6) is -2.81. The number of esters is 3. The van der Waals surface area contributed by atoms with E-state index < -0.39 is 48.8 Å². The van der Waals surface area contributed by atoms with Crippen LogP contribution in [0.3, 0.4) is 0 Å². The molecule has 0 aliphatic carbocycles. The van der Waals surface area contributed by atoms with E-state index in [1.165, 1.54) is 76.0 Å². The molecule has 0 aliphatic rings. The molecule has 1 amide bonds. The predicted octanol–water partition coefficient (Wildman–Crippen LogP) is 5.45. The molecule has 41 heavy (non-hydrogen) atoms. The Morgan fingerprint density at radius 2 is 1.29 bits per heavy atom. The van der Waals surface area contributed by atoms with Crippen LogP contribution in [0.1, 0.15) is 117 Å². The molecule has 0 aromatic carbocycles. The van der Waals surface area contributed by atoms with Gasteiger partial charge in [0.15, 0.2) is 6.04 Å². The number of carbonyl (C=O) groups excluding carboxylic acids is 4. The molecule has 0 saturated carbocycles. The number of carbonyl (C=O) groups is 5. The minimum Gasteiger partial charge on any atom is -0.481 e. The van der Waals surface area contributed by atoms with Crippen molar-refractivity contribution in [3.8, 4) is 0 Å². The van der Waals surface area contributed by atoms with Crippen LogP contribution < -0.4 is 5.32 Å². The molecule has 0 radical (unpaired) electrons. The molecule has 0 fully saturated rings. The zero-order chi connectivity index (χ0) is 30.7. The maximum Gasteiger partial charge on any atom is 0.331 e. The van der Waals surface area contributed by atoms with Crippen molar-refractivity contribution in [3.05, 3.63) is 0 Å². The van der Waals surface area contributed by atoms with Gasteiger partial charge in [-0.2, -0.15) is 11.8 Å². The van der Waals surface area contributed by atoms with E-state index in [2.05, 4.69) is 17.0 Å². The second-order valence-corrected chi connectivity index (χ2v) is 11.5. The van der Waals surface area contributed by atoms with Crippen LogP contribution in [0, 0.1) is 5.92 Å². The molecule has 0 aliphatic heterocycles. The Morgan fingerprint density at radius 1 is 0.756 bits per heavy atom. The summed E-state index contributed by atoms with van der Waals surface area (Å²) in [6.07, 6.45) is 16.0. The molecule has 0 aromatic heterocycles. The van der Waals surface area contributed by atoms with Gasteiger partial charge in [-0.05, 0) is 6.42 Å². The van der Waals surface area contributed by atoms with Crippen molar-refractivity contribution in [2.75, 3.05) is 31.8 Å². The number of carboxylic acids is 1. The van der Waals surface area contributed by atoms with E-state index in [1.807, 2.05) is 0 Å². The smallest absolute Gasteiger partial charge is 0.331 e. The average Bonchev–Trinajstić information content (AvgIpc) is 2.95. The molecule has 0 rings (SSSR count). The molecular formula is C30H53NO9S. The number of amides is 1. The Kier molecular flexibility index (Phi) is 25.1. The van der Waals surface area contributed by atoms with Crippen molar-refractivity contribution in [1.29, 1.82) is 0 Å². The van der Waals surface area contributed by atoms with Gasteiger partial charge in [0.05, 0.1) is 20.0 Å². The standard InChI is InChI=1S/C30H53NO9S/c1-4-5-6-7-8-9-10-11-12-13-14-15-16-17-27(34)39-20-21-41-23-24(2)29(36)31-25(30(37)38-3)22-40-28(35)19-18-26(32)33/h24-25H,4-23H2,1-3H3,(H,31,36)(H,32,33)/t24-,25-/m0/s1. The van der Waals surface area contributed by atoms with Gasteiger partial charge in [0.25, 0.3) is 0 Å². The molecule has 0 aromatic rings. The zero-order valence-electron chi connectivity index (χ0n) is 25.4. The molecular weight excluding hydrogens is 550 g/mol. The van der Waals surface area contributed by atoms with Gasteiger partial charge in [-0.3, -0.25) is 19.2 Å². The number of hydrogen-bond acceptors (Lipinski definition) is 9. The molecule has 11 heteroatoms. The second-order valence-electron chi connectivity index (χ2n) is 10.4. The molecule has 10 nitrogen and oxygen atoms in total. The fraction of sp³-hybridized carbons (Fsp3) is 0.833. The summed E-state index contributed by atoms with van der Waals surface area (Å²) < 4.78 is 14.8. The number of methoxy groups -OCH3 is 1. The van der Waals surface area contributed by atoms with Crippen molar-refractivity contribution in [2.24, 2.45) is 5.92 Å². The Hall–Kier alpha value is -2.30. The highest BCUT2D eigenvalue weighted by Gasteiger charge is 2.26. The van der Waals surface area contributed by atoms with Crippen LogP contribution in [0.5, 0.6) is 0 Å². The van der Waals surface area contributed by atoms with E-state index in [4.69, 9.17) is 14.6 Å². The van der Waals surface area contributed by atoms with E-state index >= 15 is 0 Å². The van der Waals surface area contributed by atoms with Crippen LogP contribution in [0.25, 0.3) is 0 Å². The summed E-state index contributed by atoms with van der Waals surface area (Å²) in [6, 6.07) is -1.19. The van der Waals surface area contributed by atoms with Gasteiger partial charge in [-0.1, -0.05) is 90.9 Å². The highest BCUT2D eigenvalue weighted by molar-refractivity contribution is 7.99. The molecule has 0 saturated heterocycles. The molecule has 2 atom stereocenters. The van der Waals surface area contributed by atoms with E-state index in [0.29, 0.717) is 17.9 Å². The zero-order valence-corrected chi connectivity index (χ0v) is 26.2. The average molecular weight is 604 g/mol. The molecule has 2 N–H and O–H groups in total. The molecule has 0 bridgehead atoms. The lowest BCUT2D eigenvalue weighted by Gasteiger charge is -2.19. The number of hydrogen-bond donors (Lipinski definition) is 2. The third kappa shape index (κ3) is 24.0. The number of ether oxygens (including phenoxy) is 3. The van der Waals surface area contributed by atoms with Crippen LogP contribution in [-0.2, 0) is 38.2 Å². The van der Waals surface area contributed by atoms with Crippen LogP contribution >= 0.6 is 11.8 Å². The van der Waals surface area contributed by atoms with Crippen molar-refractivity contribution in [1.82, 2.24) is 5.32 Å². The molecule has 0 spiro atoms. The summed E-state index contributed by atoms with van der Waals surface area (Å²) in [4.78, 5) is 58.5. The number of aliphatic carboxylic acids is 1. The topological polar surface area (TPSA) is 145 Å². The lowest BCUT2D eigenvalue weighted by Crippen LogP contribution is -2.47. The van der Waals surface area contributed by atoms with Crippen LogP contribution in [-0.4, -0.2) is 72.8 Å². The summed E-state index contributed by atoms with van der Waals surface area (Å²) in [5.41, 5.74) is 0. The number of rotatable bonds is 27. The first kappa shape index (κ1) is 38.7. The van der Waals surface area contributed by atoms with Gasteiger partial charge in [0, 0.05) is 23.8 Å². The van der Waals surface area contributed by atoms with E-state index in [1.54, 1.807) is 6.92 Å². The van der Waals surface area contributed by atoms with Gasteiger partial charge >= 0.3 is 23.9 Å². The van der Waals surface area contributed by atoms with E-state index in [9.17, 15) is 24.0 Å². The van der Waals surface area contributed by atoms with Crippen molar-refractivity contribution in [2.45, 2.75) is 123 Å². The SMILES string of the molecule is CCCCCCCCCCCCCCCC(=O)OCCSC[C@H](C)C(=O)N[C@@H](COC(=O)CCC(=O)O)C(=O)OC. The highest BCUT2D eigenvalue weighted by Crippen LogP contribution is 2.14. The maximum atomic E-state index is 12.5. The van der Waals surface area contributed by atoms with E-state index in [0.717, 1.165) is 26.4 Å². The fourth-order valence-electron chi connectivity index (χ4n) is 3.99. The first-order valence-electron chi connectivity index (χ1n) is 15.2. The van der Waals surface area contributed by atoms with Crippen LogP contribution in [0.2, 0.25) is 0 Å². The number of nitrogens with one attached hydrogen (secondary N) is 1. The maximum absolute atomic E-state index is 12.5. The number of unbranched alkanes of at least 4 members (excludes halogenated alkanes) is 12. The van der Waals surface area contributed by atoms with Crippen molar-refractivity contribution >= 4 is 41.5 Å². The normalized spacial score (nSPS) is 12.3. The highest BCUT2D eigenvalue weighted by atomic mass is 32.2. The third-order valence-electron chi connectivity index (χ3n) is 6.55. The Bertz CT molecular complexity index is 747. The summed E-state index contributed by atoms with van der Waals surface area (Å²) >= 11 is 1.45. The summed E-state index contributed by atoms with van der Waals surface area (Å²) in [6.45, 7) is 3.75. The van der Waals surface area contributed by atoms with Crippen LogP contribution in [0.15, 0.2) is 0 Å². The number of thioether (sulfide) groups is 1. The monoisotopic (exact) mass is 603 g/mol. The van der Waals surface area contributed by atoms with Gasteiger partial charge in [-0.25, -0.2) is 4.79 Å². The van der Waals surface area contributed by atoms with Crippen molar-refractivity contribution in [3.63, 3.8) is 0 Å². The lowest BCUT2D eigenvalue weighted by atomic mass is 10.0. The first-order valence-corrected chi connectivity index (χ1v) is 16.4. The van der Waals surface area contributed by atoms with Crippen molar-refractivity contribution < 1.29 is 43.3 Å². The van der Waals surface area contributed by atoms with Gasteiger partial charge < -0.3 is 24.6 Å². The Balaban J connectivity index is 3.87. The second kappa shape index (κ2) is 26.6. The van der Waals surface area contributed by atoms with E-state index in [-0.39, 0.29) is 19.0 Å². The van der Waals surface area contributed by atoms with Gasteiger partial charge in [0.2, 0.25) is 5.91 Å². The number of carboxylic acid groups (broad SMARTS) is 1. The summed E-state index contributed by atoms with van der Waals surface area (Å²) in [5, 5.41) is 11.1. The molecule has 238 valence electrons. The fourth-order valence-corrected chi connectivity index (χ4v) is 4.86. The van der Waals surface area contributed by atoms with Gasteiger partial charge in [-0.15, -0.1) is 0 Å². The Labute approximate surface area is 250 Å². The largest absolute Gasteiger partial charge is 0.481 e.